The van der Waals surface area contributed by atoms with Gasteiger partial charge in [-0.25, -0.2) is 14.3 Å². The summed E-state index contributed by atoms with van der Waals surface area (Å²) in [4.78, 5) is 30.6. The second kappa shape index (κ2) is 6.17. The van der Waals surface area contributed by atoms with E-state index in [0.29, 0.717) is 27.7 Å². The molecule has 1 aliphatic rings. The zero-order valence-corrected chi connectivity index (χ0v) is 14.2. The van der Waals surface area contributed by atoms with E-state index in [0.717, 1.165) is 0 Å². The van der Waals surface area contributed by atoms with Gasteiger partial charge in [0.15, 0.2) is 5.82 Å². The molecule has 0 spiro atoms. The number of hydrogen-bond donors (Lipinski definition) is 0. The van der Waals surface area contributed by atoms with Crippen molar-refractivity contribution in [2.24, 2.45) is 0 Å². The van der Waals surface area contributed by atoms with E-state index < -0.39 is 5.69 Å². The molecule has 1 aromatic heterocycles. The summed E-state index contributed by atoms with van der Waals surface area (Å²) >= 11 is 5.89. The van der Waals surface area contributed by atoms with E-state index in [-0.39, 0.29) is 19.1 Å². The van der Waals surface area contributed by atoms with Crippen LogP contribution in [0.2, 0.25) is 5.02 Å². The number of halogens is 1. The molecule has 1 aliphatic heterocycles. The lowest BCUT2D eigenvalue weighted by atomic mass is 10.1. The van der Waals surface area contributed by atoms with Crippen molar-refractivity contribution in [3.8, 4) is 6.07 Å². The summed E-state index contributed by atoms with van der Waals surface area (Å²) < 4.78 is 2.52. The SMILES string of the molecule is N#Cc1ccccc1Cn1c(=O)nc2n1C(=O)N(c1ccc(Cl)cc1)C2. The molecule has 0 unspecified atom stereocenters. The fraction of sp³-hybridized carbons (Fsp3) is 0.111. The van der Waals surface area contributed by atoms with Crippen LogP contribution >= 0.6 is 11.6 Å². The molecule has 0 atom stereocenters. The summed E-state index contributed by atoms with van der Waals surface area (Å²) in [5.41, 5.74) is 1.26. The molecular weight excluding hydrogens is 354 g/mol. The van der Waals surface area contributed by atoms with Crippen LogP contribution in [0.3, 0.4) is 0 Å². The van der Waals surface area contributed by atoms with Crippen molar-refractivity contribution in [2.75, 3.05) is 4.90 Å². The highest BCUT2D eigenvalue weighted by molar-refractivity contribution is 6.30. The first kappa shape index (κ1) is 16.1. The minimum Gasteiger partial charge on any atom is -0.285 e. The maximum Gasteiger partial charge on any atom is 0.364 e. The number of benzene rings is 2. The van der Waals surface area contributed by atoms with Crippen LogP contribution in [0.25, 0.3) is 0 Å². The van der Waals surface area contributed by atoms with Crippen LogP contribution in [0.1, 0.15) is 17.0 Å². The summed E-state index contributed by atoms with van der Waals surface area (Å²) in [6, 6.07) is 15.5. The first-order valence-corrected chi connectivity index (χ1v) is 8.20. The molecule has 3 aromatic rings. The van der Waals surface area contributed by atoms with Gasteiger partial charge in [0.25, 0.3) is 0 Å². The minimum absolute atomic E-state index is 0.0930. The van der Waals surface area contributed by atoms with Crippen LogP contribution in [0.15, 0.2) is 53.3 Å². The van der Waals surface area contributed by atoms with Crippen molar-refractivity contribution in [3.63, 3.8) is 0 Å². The molecule has 2 aromatic carbocycles. The first-order valence-electron chi connectivity index (χ1n) is 7.82. The number of amides is 1. The molecule has 0 saturated heterocycles. The Morgan fingerprint density at radius 1 is 1.12 bits per heavy atom. The number of rotatable bonds is 3. The van der Waals surface area contributed by atoms with Crippen molar-refractivity contribution >= 4 is 23.3 Å². The van der Waals surface area contributed by atoms with Gasteiger partial charge in [0, 0.05) is 10.7 Å². The Kier molecular flexibility index (Phi) is 3.82. The molecule has 2 heterocycles. The predicted molar refractivity (Wildman–Crippen MR) is 95.2 cm³/mol. The second-order valence-electron chi connectivity index (χ2n) is 5.79. The van der Waals surface area contributed by atoms with Gasteiger partial charge in [-0.05, 0) is 35.9 Å². The Morgan fingerprint density at radius 3 is 2.58 bits per heavy atom. The number of nitriles is 1. The van der Waals surface area contributed by atoms with Crippen molar-refractivity contribution < 1.29 is 4.79 Å². The number of hydrogen-bond acceptors (Lipinski definition) is 4. The van der Waals surface area contributed by atoms with Gasteiger partial charge in [-0.3, -0.25) is 4.90 Å². The van der Waals surface area contributed by atoms with Gasteiger partial charge in [-0.2, -0.15) is 14.9 Å². The fourth-order valence-corrected chi connectivity index (χ4v) is 3.10. The molecule has 0 radical (unpaired) electrons. The van der Waals surface area contributed by atoms with E-state index in [4.69, 9.17) is 11.6 Å². The zero-order chi connectivity index (χ0) is 18.3. The van der Waals surface area contributed by atoms with Gasteiger partial charge in [0.05, 0.1) is 24.7 Å². The number of carbonyl (C=O) groups excluding carboxylic acids is 1. The number of nitrogens with zero attached hydrogens (tertiary/aromatic N) is 5. The Morgan fingerprint density at radius 2 is 1.85 bits per heavy atom. The van der Waals surface area contributed by atoms with E-state index >= 15 is 0 Å². The summed E-state index contributed by atoms with van der Waals surface area (Å²) in [6.45, 7) is 0.290. The normalized spacial score (nSPS) is 12.9. The standard InChI is InChI=1S/C18H12ClN5O2/c19-14-5-7-15(8-6-14)22-11-16-21-17(25)23(24(16)18(22)26)10-13-4-2-1-3-12(13)9-20/h1-8H,10-11H2. The molecule has 128 valence electrons. The maximum absolute atomic E-state index is 12.9. The topological polar surface area (TPSA) is 83.9 Å². The third kappa shape index (κ3) is 2.57. The fourth-order valence-electron chi connectivity index (χ4n) is 2.97. The van der Waals surface area contributed by atoms with E-state index in [1.54, 1.807) is 48.5 Å². The van der Waals surface area contributed by atoms with Crippen molar-refractivity contribution in [1.29, 1.82) is 5.26 Å². The largest absolute Gasteiger partial charge is 0.364 e. The van der Waals surface area contributed by atoms with E-state index in [2.05, 4.69) is 11.1 Å². The lowest BCUT2D eigenvalue weighted by molar-refractivity contribution is 0.244. The number of fused-ring (bicyclic) bond motifs is 1. The number of carbonyl (C=O) groups is 1. The molecule has 0 aliphatic carbocycles. The summed E-state index contributed by atoms with van der Waals surface area (Å²) in [5.74, 6) is 0.365. The van der Waals surface area contributed by atoms with Crippen LogP contribution in [-0.2, 0) is 13.1 Å². The summed E-state index contributed by atoms with van der Waals surface area (Å²) in [7, 11) is 0. The molecule has 0 N–H and O–H groups in total. The summed E-state index contributed by atoms with van der Waals surface area (Å²) in [5, 5.41) is 9.80. The van der Waals surface area contributed by atoms with Gasteiger partial charge in [-0.15, -0.1) is 0 Å². The van der Waals surface area contributed by atoms with Crippen LogP contribution in [0, 0.1) is 11.3 Å². The van der Waals surface area contributed by atoms with Crippen molar-refractivity contribution in [1.82, 2.24) is 14.3 Å². The molecule has 1 amide bonds. The van der Waals surface area contributed by atoms with E-state index in [1.807, 2.05) is 0 Å². The summed E-state index contributed by atoms with van der Waals surface area (Å²) in [6.07, 6.45) is 0. The third-order valence-electron chi connectivity index (χ3n) is 4.24. The molecule has 26 heavy (non-hydrogen) atoms. The Bertz CT molecular complexity index is 1110. The monoisotopic (exact) mass is 365 g/mol. The average Bonchev–Trinajstić information content (AvgIpc) is 3.12. The van der Waals surface area contributed by atoms with Gasteiger partial charge in [0.2, 0.25) is 0 Å². The highest BCUT2D eigenvalue weighted by Gasteiger charge is 2.33. The number of aromatic nitrogens is 3. The molecular formula is C18H12ClN5O2. The van der Waals surface area contributed by atoms with Gasteiger partial charge >= 0.3 is 11.7 Å². The number of anilines is 1. The van der Waals surface area contributed by atoms with Gasteiger partial charge in [-0.1, -0.05) is 29.8 Å². The molecule has 0 fully saturated rings. The lowest BCUT2D eigenvalue weighted by Crippen LogP contribution is -2.34. The second-order valence-corrected chi connectivity index (χ2v) is 6.23. The molecule has 0 bridgehead atoms. The Hall–Kier alpha value is -3.37. The Balaban J connectivity index is 1.72. The van der Waals surface area contributed by atoms with Crippen LogP contribution in [-0.4, -0.2) is 20.4 Å². The molecule has 7 nitrogen and oxygen atoms in total. The van der Waals surface area contributed by atoms with Gasteiger partial charge in [0.1, 0.15) is 0 Å². The lowest BCUT2D eigenvalue weighted by Gasteiger charge is -2.16. The average molecular weight is 366 g/mol. The third-order valence-corrected chi connectivity index (χ3v) is 4.49. The quantitative estimate of drug-likeness (QED) is 0.714. The van der Waals surface area contributed by atoms with E-state index in [1.165, 1.54) is 14.3 Å². The highest BCUT2D eigenvalue weighted by Crippen LogP contribution is 2.24. The van der Waals surface area contributed by atoms with Gasteiger partial charge < -0.3 is 0 Å². The van der Waals surface area contributed by atoms with E-state index in [9.17, 15) is 14.9 Å². The van der Waals surface area contributed by atoms with Crippen LogP contribution in [0.5, 0.6) is 0 Å². The zero-order valence-electron chi connectivity index (χ0n) is 13.5. The van der Waals surface area contributed by atoms with Crippen molar-refractivity contribution in [3.05, 3.63) is 81.0 Å². The Labute approximate surface area is 153 Å². The van der Waals surface area contributed by atoms with Crippen LogP contribution < -0.4 is 10.6 Å². The molecule has 4 rings (SSSR count). The molecule has 0 saturated carbocycles. The van der Waals surface area contributed by atoms with Crippen LogP contribution in [0.4, 0.5) is 10.5 Å². The predicted octanol–water partition coefficient (Wildman–Crippen LogP) is 2.61. The first-order chi connectivity index (χ1) is 12.6. The van der Waals surface area contributed by atoms with Crippen molar-refractivity contribution in [2.45, 2.75) is 13.1 Å². The maximum atomic E-state index is 12.9. The highest BCUT2D eigenvalue weighted by atomic mass is 35.5. The smallest absolute Gasteiger partial charge is 0.285 e. The molecule has 8 heteroatoms. The minimum atomic E-state index is -0.517.